The molecule has 0 fully saturated rings. The highest BCUT2D eigenvalue weighted by molar-refractivity contribution is 5.85. The van der Waals surface area contributed by atoms with Gasteiger partial charge in [-0.15, -0.1) is 0 Å². The molecule has 2 rings (SSSR count). The lowest BCUT2D eigenvalue weighted by Gasteiger charge is -2.28. The summed E-state index contributed by atoms with van der Waals surface area (Å²) in [5.41, 5.74) is 0.836. The number of hydrogen-bond acceptors (Lipinski definition) is 2. The number of carbonyl (C=O) groups is 1. The molecular formula is C9H10O2. The van der Waals surface area contributed by atoms with E-state index in [-0.39, 0.29) is 11.6 Å². The summed E-state index contributed by atoms with van der Waals surface area (Å²) in [5, 5.41) is 0. The average molecular weight is 150 g/mol. The van der Waals surface area contributed by atoms with Crippen molar-refractivity contribution in [3.63, 3.8) is 0 Å². The Morgan fingerprint density at radius 1 is 1.55 bits per heavy atom. The number of ether oxygens (including phenoxy) is 1. The molecule has 1 aliphatic heterocycles. The van der Waals surface area contributed by atoms with Gasteiger partial charge in [0, 0.05) is 6.08 Å². The van der Waals surface area contributed by atoms with Crippen LogP contribution in [-0.4, -0.2) is 11.6 Å². The Morgan fingerprint density at radius 2 is 2.36 bits per heavy atom. The second-order valence-electron chi connectivity index (χ2n) is 3.18. The third-order valence-electron chi connectivity index (χ3n) is 2.32. The molecule has 0 aromatic carbocycles. The standard InChI is InChI=1S/C9H10O2/c1-9-6-2-3-7(9)4-5-8(10)11-9/h3-5H,2,6H2,1H3. The van der Waals surface area contributed by atoms with E-state index in [9.17, 15) is 4.79 Å². The van der Waals surface area contributed by atoms with Gasteiger partial charge in [0.15, 0.2) is 0 Å². The van der Waals surface area contributed by atoms with E-state index in [1.165, 1.54) is 6.08 Å². The molecule has 2 aliphatic rings. The number of esters is 1. The summed E-state index contributed by atoms with van der Waals surface area (Å²) in [6, 6.07) is 0. The molecule has 2 nitrogen and oxygen atoms in total. The molecule has 0 N–H and O–H groups in total. The van der Waals surface area contributed by atoms with Gasteiger partial charge in [0.25, 0.3) is 0 Å². The van der Waals surface area contributed by atoms with Gasteiger partial charge in [0.05, 0.1) is 0 Å². The molecule has 2 heteroatoms. The van der Waals surface area contributed by atoms with Gasteiger partial charge in [0.2, 0.25) is 0 Å². The number of carbonyl (C=O) groups excluding carboxylic acids is 1. The second kappa shape index (κ2) is 1.97. The predicted octanol–water partition coefficient (Wildman–Crippen LogP) is 1.58. The summed E-state index contributed by atoms with van der Waals surface area (Å²) in [5.74, 6) is -0.216. The third-order valence-corrected chi connectivity index (χ3v) is 2.32. The predicted molar refractivity (Wildman–Crippen MR) is 41.0 cm³/mol. The van der Waals surface area contributed by atoms with E-state index in [1.54, 1.807) is 0 Å². The molecule has 0 aromatic rings. The Labute approximate surface area is 65.5 Å². The molecule has 0 aromatic heterocycles. The summed E-state index contributed by atoms with van der Waals surface area (Å²) in [7, 11) is 0. The maximum absolute atomic E-state index is 10.9. The van der Waals surface area contributed by atoms with Crippen LogP contribution in [0.3, 0.4) is 0 Å². The Hall–Kier alpha value is -1.05. The Balaban J connectivity index is 2.39. The zero-order valence-corrected chi connectivity index (χ0v) is 6.46. The van der Waals surface area contributed by atoms with Crippen LogP contribution in [0.2, 0.25) is 0 Å². The van der Waals surface area contributed by atoms with Crippen molar-refractivity contribution in [2.24, 2.45) is 0 Å². The fraction of sp³-hybridized carbons (Fsp3) is 0.444. The molecule has 0 saturated carbocycles. The van der Waals surface area contributed by atoms with E-state index in [0.29, 0.717) is 0 Å². The summed E-state index contributed by atoms with van der Waals surface area (Å²) >= 11 is 0. The van der Waals surface area contributed by atoms with E-state index in [2.05, 4.69) is 6.08 Å². The molecule has 1 atom stereocenters. The summed E-state index contributed by atoms with van der Waals surface area (Å²) in [6.07, 6.45) is 7.42. The topological polar surface area (TPSA) is 26.3 Å². The second-order valence-corrected chi connectivity index (χ2v) is 3.18. The van der Waals surface area contributed by atoms with Gasteiger partial charge in [0.1, 0.15) is 5.60 Å². The highest BCUT2D eigenvalue weighted by Gasteiger charge is 2.36. The van der Waals surface area contributed by atoms with Crippen LogP contribution in [0.5, 0.6) is 0 Å². The SMILES string of the molecule is CC12CCC=C1C=CC(=O)O2. The fourth-order valence-corrected chi connectivity index (χ4v) is 1.63. The first-order valence-electron chi connectivity index (χ1n) is 3.82. The Morgan fingerprint density at radius 3 is 3.18 bits per heavy atom. The maximum Gasteiger partial charge on any atom is 0.331 e. The lowest BCUT2D eigenvalue weighted by atomic mass is 9.96. The lowest BCUT2D eigenvalue weighted by Crippen LogP contribution is -2.32. The van der Waals surface area contributed by atoms with Gasteiger partial charge in [-0.25, -0.2) is 4.79 Å². The maximum atomic E-state index is 10.9. The smallest absolute Gasteiger partial charge is 0.331 e. The number of allylic oxidation sites excluding steroid dienone is 1. The average Bonchev–Trinajstić information content (AvgIpc) is 2.28. The molecule has 1 unspecified atom stereocenters. The molecule has 0 bridgehead atoms. The number of rotatable bonds is 0. The quantitative estimate of drug-likeness (QED) is 0.490. The van der Waals surface area contributed by atoms with Crippen molar-refractivity contribution < 1.29 is 9.53 Å². The van der Waals surface area contributed by atoms with Gasteiger partial charge in [-0.1, -0.05) is 6.08 Å². The van der Waals surface area contributed by atoms with Gasteiger partial charge in [-0.05, 0) is 31.4 Å². The summed E-state index contributed by atoms with van der Waals surface area (Å²) in [6.45, 7) is 1.97. The highest BCUT2D eigenvalue weighted by Crippen LogP contribution is 2.36. The molecule has 11 heavy (non-hydrogen) atoms. The molecule has 1 aliphatic carbocycles. The minimum Gasteiger partial charge on any atom is -0.451 e. The normalized spacial score (nSPS) is 34.6. The zero-order chi connectivity index (χ0) is 7.90. The van der Waals surface area contributed by atoms with Crippen LogP contribution >= 0.6 is 0 Å². The Kier molecular flexibility index (Phi) is 1.19. The molecule has 1 heterocycles. The van der Waals surface area contributed by atoms with E-state index in [4.69, 9.17) is 4.74 Å². The largest absolute Gasteiger partial charge is 0.451 e. The van der Waals surface area contributed by atoms with Crippen LogP contribution in [0.25, 0.3) is 0 Å². The molecule has 58 valence electrons. The van der Waals surface area contributed by atoms with Crippen LogP contribution in [0.1, 0.15) is 19.8 Å². The van der Waals surface area contributed by atoms with Crippen molar-refractivity contribution in [1.29, 1.82) is 0 Å². The van der Waals surface area contributed by atoms with Crippen LogP contribution in [-0.2, 0) is 9.53 Å². The third kappa shape index (κ3) is 0.897. The van der Waals surface area contributed by atoms with Crippen molar-refractivity contribution in [3.05, 3.63) is 23.8 Å². The van der Waals surface area contributed by atoms with Gasteiger partial charge in [-0.2, -0.15) is 0 Å². The lowest BCUT2D eigenvalue weighted by molar-refractivity contribution is -0.149. The van der Waals surface area contributed by atoms with Gasteiger partial charge in [-0.3, -0.25) is 0 Å². The molecule has 0 radical (unpaired) electrons. The van der Waals surface area contributed by atoms with E-state index >= 15 is 0 Å². The van der Waals surface area contributed by atoms with Gasteiger partial charge >= 0.3 is 5.97 Å². The minimum atomic E-state index is -0.314. The number of fused-ring (bicyclic) bond motifs is 1. The first-order chi connectivity index (χ1) is 5.21. The first-order valence-corrected chi connectivity index (χ1v) is 3.82. The van der Waals surface area contributed by atoms with Gasteiger partial charge < -0.3 is 4.74 Å². The van der Waals surface area contributed by atoms with Crippen LogP contribution in [0.4, 0.5) is 0 Å². The molecule has 0 amide bonds. The van der Waals surface area contributed by atoms with Crippen molar-refractivity contribution in [1.82, 2.24) is 0 Å². The molecule has 0 saturated heterocycles. The van der Waals surface area contributed by atoms with Crippen LogP contribution < -0.4 is 0 Å². The summed E-state index contributed by atoms with van der Waals surface area (Å²) in [4.78, 5) is 10.9. The number of hydrogen-bond donors (Lipinski definition) is 0. The van der Waals surface area contributed by atoms with Crippen molar-refractivity contribution in [2.45, 2.75) is 25.4 Å². The minimum absolute atomic E-state index is 0.216. The van der Waals surface area contributed by atoms with E-state index < -0.39 is 0 Å². The molecule has 0 spiro atoms. The monoisotopic (exact) mass is 150 g/mol. The van der Waals surface area contributed by atoms with Crippen molar-refractivity contribution in [3.8, 4) is 0 Å². The summed E-state index contributed by atoms with van der Waals surface area (Å²) < 4.78 is 5.20. The highest BCUT2D eigenvalue weighted by atomic mass is 16.6. The van der Waals surface area contributed by atoms with E-state index in [1.807, 2.05) is 13.0 Å². The molecular weight excluding hydrogens is 140 g/mol. The van der Waals surface area contributed by atoms with E-state index in [0.717, 1.165) is 18.4 Å². The van der Waals surface area contributed by atoms with Crippen molar-refractivity contribution in [2.75, 3.05) is 0 Å². The van der Waals surface area contributed by atoms with Crippen LogP contribution in [0.15, 0.2) is 23.8 Å². The van der Waals surface area contributed by atoms with Crippen LogP contribution in [0, 0.1) is 0 Å². The first kappa shape index (κ1) is 6.65. The Bertz CT molecular complexity index is 263. The zero-order valence-electron chi connectivity index (χ0n) is 6.46. The fourth-order valence-electron chi connectivity index (χ4n) is 1.63. The van der Waals surface area contributed by atoms with Crippen molar-refractivity contribution >= 4 is 5.97 Å².